The zero-order valence-corrected chi connectivity index (χ0v) is 19.0. The lowest BCUT2D eigenvalue weighted by molar-refractivity contribution is -0.143. The molecular formula is C25H24F3N3O4. The third-order valence-corrected chi connectivity index (χ3v) is 6.58. The van der Waals surface area contributed by atoms with E-state index in [0.717, 1.165) is 22.0 Å². The van der Waals surface area contributed by atoms with Gasteiger partial charge in [0.25, 0.3) is 5.91 Å². The van der Waals surface area contributed by atoms with Crippen LogP contribution in [0.1, 0.15) is 40.0 Å². The van der Waals surface area contributed by atoms with Crippen LogP contribution in [0.4, 0.5) is 13.2 Å². The quantitative estimate of drug-likeness (QED) is 0.577. The van der Waals surface area contributed by atoms with E-state index in [1.165, 1.54) is 12.1 Å². The zero-order chi connectivity index (χ0) is 24.6. The zero-order valence-electron chi connectivity index (χ0n) is 19.0. The molecule has 3 heterocycles. The number of fused-ring (bicyclic) bond motifs is 1. The minimum absolute atomic E-state index is 0.136. The van der Waals surface area contributed by atoms with E-state index in [2.05, 4.69) is 10.4 Å². The summed E-state index contributed by atoms with van der Waals surface area (Å²) in [5, 5.41) is 6.64. The number of hydrogen-bond acceptors (Lipinski definition) is 5. The molecule has 0 unspecified atom stereocenters. The number of alkyl halides is 3. The van der Waals surface area contributed by atoms with Gasteiger partial charge in [-0.25, -0.2) is 4.68 Å². The van der Waals surface area contributed by atoms with Gasteiger partial charge in [0.05, 0.1) is 17.4 Å². The average molecular weight is 487 g/mol. The first-order valence-corrected chi connectivity index (χ1v) is 11.3. The lowest BCUT2D eigenvalue weighted by Crippen LogP contribution is -2.44. The lowest BCUT2D eigenvalue weighted by Gasteiger charge is -2.38. The number of hydrogen-bond donors (Lipinski definition) is 1. The number of aromatic nitrogens is 2. The van der Waals surface area contributed by atoms with Crippen LogP contribution in [-0.2, 0) is 16.3 Å². The van der Waals surface area contributed by atoms with Crippen molar-refractivity contribution < 1.29 is 32.2 Å². The van der Waals surface area contributed by atoms with E-state index >= 15 is 0 Å². The molecule has 0 atom stereocenters. The summed E-state index contributed by atoms with van der Waals surface area (Å²) in [6.45, 7) is 3.06. The van der Waals surface area contributed by atoms with E-state index in [4.69, 9.17) is 14.2 Å². The Kier molecular flexibility index (Phi) is 5.92. The van der Waals surface area contributed by atoms with Gasteiger partial charge in [0.2, 0.25) is 6.79 Å². The van der Waals surface area contributed by atoms with Crippen LogP contribution in [0.5, 0.6) is 11.5 Å². The highest BCUT2D eigenvalue weighted by Crippen LogP contribution is 2.41. The summed E-state index contributed by atoms with van der Waals surface area (Å²) in [5.74, 6) is 0.416. The van der Waals surface area contributed by atoms with Gasteiger partial charge in [-0.2, -0.15) is 18.3 Å². The number of carbonyl (C=O) groups is 1. The number of amides is 1. The molecule has 0 saturated carbocycles. The summed E-state index contributed by atoms with van der Waals surface area (Å²) in [6.07, 6.45) is -2.61. The first-order chi connectivity index (χ1) is 16.8. The Balaban J connectivity index is 1.43. The fraction of sp³-hybridized carbons (Fsp3) is 0.360. The van der Waals surface area contributed by atoms with Crippen LogP contribution in [0.15, 0.2) is 48.7 Å². The Labute approximate surface area is 199 Å². The van der Waals surface area contributed by atoms with Crippen LogP contribution in [0.25, 0.3) is 5.69 Å². The van der Waals surface area contributed by atoms with E-state index in [9.17, 15) is 18.0 Å². The van der Waals surface area contributed by atoms with Gasteiger partial charge in [-0.15, -0.1) is 0 Å². The predicted octanol–water partition coefficient (Wildman–Crippen LogP) is 4.41. The van der Waals surface area contributed by atoms with Crippen molar-refractivity contribution in [2.75, 3.05) is 26.6 Å². The highest BCUT2D eigenvalue weighted by molar-refractivity contribution is 5.95. The molecule has 3 aromatic rings. The van der Waals surface area contributed by atoms with Crippen LogP contribution < -0.4 is 14.8 Å². The summed E-state index contributed by atoms with van der Waals surface area (Å²) in [4.78, 5) is 13.1. The molecule has 1 fully saturated rings. The maximum atomic E-state index is 14.0. The molecule has 1 amide bonds. The Hall–Kier alpha value is -3.53. The fourth-order valence-corrected chi connectivity index (χ4v) is 4.57. The van der Waals surface area contributed by atoms with Gasteiger partial charge in [-0.1, -0.05) is 23.8 Å². The summed E-state index contributed by atoms with van der Waals surface area (Å²) in [5.41, 5.74) is -0.105. The molecule has 1 saturated heterocycles. The van der Waals surface area contributed by atoms with Crippen molar-refractivity contribution in [3.05, 3.63) is 71.0 Å². The maximum Gasteiger partial charge on any atom is 0.434 e. The minimum Gasteiger partial charge on any atom is -0.454 e. The molecule has 10 heteroatoms. The van der Waals surface area contributed by atoms with Crippen LogP contribution in [0, 0.1) is 6.92 Å². The van der Waals surface area contributed by atoms with Gasteiger partial charge in [0, 0.05) is 25.2 Å². The van der Waals surface area contributed by atoms with Gasteiger partial charge in [-0.3, -0.25) is 4.79 Å². The lowest BCUT2D eigenvalue weighted by atomic mass is 9.74. The van der Waals surface area contributed by atoms with Gasteiger partial charge in [0.1, 0.15) is 0 Å². The van der Waals surface area contributed by atoms with Gasteiger partial charge in [-0.05, 0) is 49.6 Å². The topological polar surface area (TPSA) is 74.6 Å². The molecule has 2 aromatic carbocycles. The van der Waals surface area contributed by atoms with Crippen molar-refractivity contribution in [1.82, 2.24) is 15.1 Å². The molecule has 2 aliphatic rings. The molecular weight excluding hydrogens is 463 g/mol. The summed E-state index contributed by atoms with van der Waals surface area (Å²) < 4.78 is 59.3. The highest BCUT2D eigenvalue weighted by Gasteiger charge is 2.42. The second-order valence-electron chi connectivity index (χ2n) is 8.80. The van der Waals surface area contributed by atoms with E-state index in [0.29, 0.717) is 37.6 Å². The Morgan fingerprint density at radius 3 is 2.51 bits per heavy atom. The van der Waals surface area contributed by atoms with Crippen molar-refractivity contribution >= 4 is 5.91 Å². The Bertz CT molecular complexity index is 1230. The number of nitrogens with zero attached hydrogens (tertiary/aromatic N) is 2. The molecule has 0 radical (unpaired) electrons. The molecule has 2 aliphatic heterocycles. The van der Waals surface area contributed by atoms with Crippen LogP contribution in [0.2, 0.25) is 0 Å². The average Bonchev–Trinajstić information content (AvgIpc) is 3.50. The molecule has 1 N–H and O–H groups in total. The van der Waals surface area contributed by atoms with Gasteiger partial charge < -0.3 is 19.5 Å². The predicted molar refractivity (Wildman–Crippen MR) is 120 cm³/mol. The highest BCUT2D eigenvalue weighted by atomic mass is 19.4. The summed E-state index contributed by atoms with van der Waals surface area (Å²) in [6, 6.07) is 12.0. The molecule has 1 aromatic heterocycles. The van der Waals surface area contributed by atoms with Gasteiger partial charge in [0.15, 0.2) is 17.2 Å². The smallest absolute Gasteiger partial charge is 0.434 e. The third-order valence-electron chi connectivity index (χ3n) is 6.58. The molecule has 184 valence electrons. The second-order valence-corrected chi connectivity index (χ2v) is 8.80. The number of aryl methyl sites for hydroxylation is 1. The van der Waals surface area contributed by atoms with Crippen LogP contribution in [-0.4, -0.2) is 42.2 Å². The van der Waals surface area contributed by atoms with E-state index in [1.54, 1.807) is 12.1 Å². The van der Waals surface area contributed by atoms with Crippen molar-refractivity contribution in [1.29, 1.82) is 0 Å². The van der Waals surface area contributed by atoms with E-state index in [1.807, 2.05) is 25.1 Å². The fourth-order valence-electron chi connectivity index (χ4n) is 4.57. The normalized spacial score (nSPS) is 16.8. The second kappa shape index (κ2) is 8.92. The van der Waals surface area contributed by atoms with Crippen LogP contribution in [0.3, 0.4) is 0 Å². The van der Waals surface area contributed by atoms with Crippen molar-refractivity contribution in [3.8, 4) is 17.2 Å². The number of halogens is 3. The third kappa shape index (κ3) is 4.45. The Morgan fingerprint density at radius 2 is 1.80 bits per heavy atom. The summed E-state index contributed by atoms with van der Waals surface area (Å²) >= 11 is 0. The molecule has 5 rings (SSSR count). The monoisotopic (exact) mass is 487 g/mol. The van der Waals surface area contributed by atoms with Crippen LogP contribution >= 0.6 is 0 Å². The first-order valence-electron chi connectivity index (χ1n) is 11.3. The number of rotatable bonds is 5. The van der Waals surface area contributed by atoms with E-state index in [-0.39, 0.29) is 19.0 Å². The summed E-state index contributed by atoms with van der Waals surface area (Å²) in [7, 11) is 0. The molecule has 0 bridgehead atoms. The SMILES string of the molecule is Cc1ccc(-n2ncc(C(=O)NCC3(c4ccc5c(c4)OCO5)CCOCC3)c2C(F)(F)F)cc1. The first kappa shape index (κ1) is 23.2. The molecule has 0 aliphatic carbocycles. The number of ether oxygens (including phenoxy) is 3. The number of benzene rings is 2. The Morgan fingerprint density at radius 1 is 1.09 bits per heavy atom. The minimum atomic E-state index is -4.78. The number of nitrogens with one attached hydrogen (secondary N) is 1. The van der Waals surface area contributed by atoms with Crippen molar-refractivity contribution in [2.45, 2.75) is 31.4 Å². The molecule has 35 heavy (non-hydrogen) atoms. The largest absolute Gasteiger partial charge is 0.454 e. The molecule has 7 nitrogen and oxygen atoms in total. The maximum absolute atomic E-state index is 14.0. The number of carbonyl (C=O) groups excluding carboxylic acids is 1. The van der Waals surface area contributed by atoms with Crippen molar-refractivity contribution in [2.24, 2.45) is 0 Å². The van der Waals surface area contributed by atoms with E-state index < -0.39 is 28.8 Å². The van der Waals surface area contributed by atoms with Gasteiger partial charge >= 0.3 is 6.18 Å². The molecule has 0 spiro atoms. The van der Waals surface area contributed by atoms with Crippen molar-refractivity contribution in [3.63, 3.8) is 0 Å². The standard InChI is InChI=1S/C25H24F3N3O4/c1-16-2-5-18(6-3-16)31-22(25(26,27)28)19(13-30-31)23(32)29-14-24(8-10-33-11-9-24)17-4-7-20-21(12-17)35-15-34-20/h2-7,12-13H,8-11,14-15H2,1H3,(H,29,32).